The molecule has 0 bridgehead atoms. The van der Waals surface area contributed by atoms with Gasteiger partial charge >= 0.3 is 0 Å². The Kier molecular flexibility index (Phi) is 2.15. The highest BCUT2D eigenvalue weighted by molar-refractivity contribution is 6.28. The lowest BCUT2D eigenvalue weighted by Gasteiger charge is -2.16. The molecule has 0 amide bonds. The first kappa shape index (κ1) is 9.42. The standard InChI is InChI=1S/C11H9ClN4/c12-11-13-6-9-10(15-11)14-7-16(9)8-4-2-1-3-5-8/h1-6H,7H2,(H,13,14,15). The lowest BCUT2D eigenvalue weighted by Crippen LogP contribution is -2.16. The molecule has 1 aromatic heterocycles. The Balaban J connectivity index is 2.04. The normalized spacial score (nSPS) is 13.4. The fraction of sp³-hybridized carbons (Fsp3) is 0.0909. The predicted octanol–water partition coefficient (Wildman–Crippen LogP) is 2.65. The Bertz CT molecular complexity index is 515. The fourth-order valence-electron chi connectivity index (χ4n) is 1.76. The summed E-state index contributed by atoms with van der Waals surface area (Å²) in [6.45, 7) is 0.689. The number of halogens is 1. The van der Waals surface area contributed by atoms with Crippen molar-refractivity contribution in [2.24, 2.45) is 0 Å². The van der Waals surface area contributed by atoms with E-state index in [2.05, 4.69) is 20.2 Å². The Morgan fingerprint density at radius 1 is 1.25 bits per heavy atom. The summed E-state index contributed by atoms with van der Waals surface area (Å²) in [6, 6.07) is 10.1. The lowest BCUT2D eigenvalue weighted by atomic mass is 10.3. The molecule has 0 radical (unpaired) electrons. The van der Waals surface area contributed by atoms with Crippen LogP contribution in [0.3, 0.4) is 0 Å². The van der Waals surface area contributed by atoms with Gasteiger partial charge < -0.3 is 10.2 Å². The van der Waals surface area contributed by atoms with Gasteiger partial charge in [-0.2, -0.15) is 4.98 Å². The second-order valence-electron chi connectivity index (χ2n) is 3.47. The van der Waals surface area contributed by atoms with Crippen LogP contribution in [0, 0.1) is 0 Å². The summed E-state index contributed by atoms with van der Waals surface area (Å²) in [5, 5.41) is 3.44. The van der Waals surface area contributed by atoms with Crippen molar-refractivity contribution >= 4 is 28.8 Å². The van der Waals surface area contributed by atoms with Crippen molar-refractivity contribution in [1.82, 2.24) is 9.97 Å². The third-order valence-corrected chi connectivity index (χ3v) is 2.69. The number of benzene rings is 1. The van der Waals surface area contributed by atoms with Crippen molar-refractivity contribution in [3.05, 3.63) is 41.8 Å². The number of nitrogens with one attached hydrogen (secondary N) is 1. The summed E-state index contributed by atoms with van der Waals surface area (Å²) in [5.74, 6) is 0.781. The van der Waals surface area contributed by atoms with Crippen LogP contribution in [0.15, 0.2) is 36.5 Å². The minimum Gasteiger partial charge on any atom is -0.350 e. The van der Waals surface area contributed by atoms with E-state index >= 15 is 0 Å². The number of aromatic nitrogens is 2. The van der Waals surface area contributed by atoms with Crippen LogP contribution in [0.4, 0.5) is 17.2 Å². The van der Waals surface area contributed by atoms with E-state index in [1.807, 2.05) is 30.3 Å². The van der Waals surface area contributed by atoms with Gasteiger partial charge in [0.25, 0.3) is 0 Å². The average molecular weight is 233 g/mol. The minimum atomic E-state index is 0.265. The molecule has 0 unspecified atom stereocenters. The van der Waals surface area contributed by atoms with Crippen LogP contribution in [-0.2, 0) is 0 Å². The van der Waals surface area contributed by atoms with E-state index < -0.39 is 0 Å². The van der Waals surface area contributed by atoms with Gasteiger partial charge in [-0.15, -0.1) is 0 Å². The molecule has 1 aliphatic heterocycles. The molecule has 0 saturated carbocycles. The van der Waals surface area contributed by atoms with E-state index in [1.54, 1.807) is 6.20 Å². The smallest absolute Gasteiger partial charge is 0.224 e. The third kappa shape index (κ3) is 1.47. The highest BCUT2D eigenvalue weighted by atomic mass is 35.5. The number of para-hydroxylation sites is 1. The molecule has 1 N–H and O–H groups in total. The summed E-state index contributed by atoms with van der Waals surface area (Å²) in [4.78, 5) is 10.2. The van der Waals surface area contributed by atoms with Crippen molar-refractivity contribution < 1.29 is 0 Å². The summed E-state index contributed by atoms with van der Waals surface area (Å²) in [5.41, 5.74) is 2.07. The summed E-state index contributed by atoms with van der Waals surface area (Å²) >= 11 is 5.74. The van der Waals surface area contributed by atoms with Crippen molar-refractivity contribution in [3.8, 4) is 0 Å². The summed E-state index contributed by atoms with van der Waals surface area (Å²) in [7, 11) is 0. The summed E-state index contributed by atoms with van der Waals surface area (Å²) in [6.07, 6.45) is 1.73. The van der Waals surface area contributed by atoms with Crippen molar-refractivity contribution in [2.45, 2.75) is 0 Å². The number of hydrogen-bond acceptors (Lipinski definition) is 4. The average Bonchev–Trinajstić information content (AvgIpc) is 2.73. The maximum absolute atomic E-state index is 5.74. The largest absolute Gasteiger partial charge is 0.350 e. The maximum atomic E-state index is 5.74. The molecule has 4 nitrogen and oxygen atoms in total. The van der Waals surface area contributed by atoms with Gasteiger partial charge in [-0.05, 0) is 23.7 Å². The molecule has 0 saturated heterocycles. The Morgan fingerprint density at radius 2 is 2.06 bits per heavy atom. The first-order chi connectivity index (χ1) is 7.84. The van der Waals surface area contributed by atoms with Crippen molar-refractivity contribution in [3.63, 3.8) is 0 Å². The highest BCUT2D eigenvalue weighted by Gasteiger charge is 2.21. The third-order valence-electron chi connectivity index (χ3n) is 2.50. The van der Waals surface area contributed by atoms with Gasteiger partial charge in [-0.3, -0.25) is 0 Å². The molecule has 0 fully saturated rings. The summed E-state index contributed by atoms with van der Waals surface area (Å²) < 4.78 is 0. The van der Waals surface area contributed by atoms with Gasteiger partial charge in [-0.1, -0.05) is 18.2 Å². The molecule has 0 spiro atoms. The number of nitrogens with zero attached hydrogens (tertiary/aromatic N) is 3. The zero-order valence-corrected chi connectivity index (χ0v) is 9.15. The molecule has 2 aromatic rings. The van der Waals surface area contributed by atoms with Crippen LogP contribution in [-0.4, -0.2) is 16.6 Å². The molecule has 1 aliphatic rings. The second-order valence-corrected chi connectivity index (χ2v) is 3.81. The van der Waals surface area contributed by atoms with Crippen LogP contribution < -0.4 is 10.2 Å². The molecule has 16 heavy (non-hydrogen) atoms. The SMILES string of the molecule is Clc1ncc2c(n1)NCN2c1ccccc1. The van der Waals surface area contributed by atoms with Gasteiger partial charge in [0, 0.05) is 5.69 Å². The van der Waals surface area contributed by atoms with E-state index in [9.17, 15) is 0 Å². The molecular formula is C11H9ClN4. The lowest BCUT2D eigenvalue weighted by molar-refractivity contribution is 1.09. The first-order valence-corrected chi connectivity index (χ1v) is 5.31. The quantitative estimate of drug-likeness (QED) is 0.768. The minimum absolute atomic E-state index is 0.265. The van der Waals surface area contributed by atoms with Gasteiger partial charge in [0.2, 0.25) is 5.28 Å². The number of fused-ring (bicyclic) bond motifs is 1. The number of rotatable bonds is 1. The van der Waals surface area contributed by atoms with E-state index in [0.29, 0.717) is 6.67 Å². The maximum Gasteiger partial charge on any atom is 0.224 e. The van der Waals surface area contributed by atoms with Crippen LogP contribution in [0.1, 0.15) is 0 Å². The van der Waals surface area contributed by atoms with Gasteiger partial charge in [-0.25, -0.2) is 4.98 Å². The molecule has 3 rings (SSSR count). The van der Waals surface area contributed by atoms with E-state index in [-0.39, 0.29) is 5.28 Å². The molecule has 0 atom stereocenters. The van der Waals surface area contributed by atoms with Crippen LogP contribution >= 0.6 is 11.6 Å². The number of anilines is 3. The van der Waals surface area contributed by atoms with Crippen LogP contribution in [0.25, 0.3) is 0 Å². The molecule has 1 aromatic carbocycles. The van der Waals surface area contributed by atoms with Gasteiger partial charge in [0.05, 0.1) is 12.9 Å². The van der Waals surface area contributed by atoms with Gasteiger partial charge in [0.1, 0.15) is 5.69 Å². The van der Waals surface area contributed by atoms with E-state index in [1.165, 1.54) is 0 Å². The molecule has 2 heterocycles. The molecule has 5 heteroatoms. The fourth-order valence-corrected chi connectivity index (χ4v) is 1.89. The molecule has 0 aliphatic carbocycles. The number of hydrogen-bond donors (Lipinski definition) is 1. The zero-order chi connectivity index (χ0) is 11.0. The second kappa shape index (κ2) is 3.64. The predicted molar refractivity (Wildman–Crippen MR) is 64.1 cm³/mol. The van der Waals surface area contributed by atoms with Gasteiger partial charge in [0.15, 0.2) is 5.82 Å². The van der Waals surface area contributed by atoms with E-state index in [0.717, 1.165) is 17.2 Å². The molecular weight excluding hydrogens is 224 g/mol. The van der Waals surface area contributed by atoms with Crippen LogP contribution in [0.2, 0.25) is 5.28 Å². The Morgan fingerprint density at radius 3 is 2.88 bits per heavy atom. The van der Waals surface area contributed by atoms with Crippen LogP contribution in [0.5, 0.6) is 0 Å². The topological polar surface area (TPSA) is 41.1 Å². The Hall–Kier alpha value is -1.81. The zero-order valence-electron chi connectivity index (χ0n) is 8.39. The molecule has 80 valence electrons. The highest BCUT2D eigenvalue weighted by Crippen LogP contribution is 2.34. The first-order valence-electron chi connectivity index (χ1n) is 4.93. The van der Waals surface area contributed by atoms with Crippen molar-refractivity contribution in [1.29, 1.82) is 0 Å². The van der Waals surface area contributed by atoms with E-state index in [4.69, 9.17) is 11.6 Å². The van der Waals surface area contributed by atoms with Crippen molar-refractivity contribution in [2.75, 3.05) is 16.9 Å². The monoisotopic (exact) mass is 232 g/mol. The Labute approximate surface area is 97.9 Å².